The van der Waals surface area contributed by atoms with Crippen LogP contribution in [0.4, 0.5) is 0 Å². The molecule has 4 aliphatic carbocycles. The molecule has 16 N–H and O–H groups in total. The molecule has 27 nitrogen and oxygen atoms in total. The summed E-state index contributed by atoms with van der Waals surface area (Å²) in [4.78, 5) is 0. The summed E-state index contributed by atoms with van der Waals surface area (Å²) in [6.07, 6.45) is -34.2. The molecule has 6 saturated heterocycles. The first-order valence-electron chi connectivity index (χ1n) is 30.3. The van der Waals surface area contributed by atoms with Gasteiger partial charge in [-0.25, -0.2) is 0 Å². The predicted molar refractivity (Wildman–Crippen MR) is 281 cm³/mol. The van der Waals surface area contributed by atoms with Crippen molar-refractivity contribution in [3.05, 3.63) is 11.6 Å². The molecule has 0 aromatic rings. The van der Waals surface area contributed by atoms with Crippen molar-refractivity contribution in [1.29, 1.82) is 0 Å². The molecule has 484 valence electrons. The van der Waals surface area contributed by atoms with Crippen LogP contribution < -0.4 is 0 Å². The molecule has 0 aromatic carbocycles. The molecular weight excluding hydrogens is 1120 g/mol. The second-order valence-electron chi connectivity index (χ2n) is 26.6. The topological polar surface area (TPSA) is 425 Å². The van der Waals surface area contributed by atoms with Crippen molar-refractivity contribution in [2.24, 2.45) is 46.3 Å². The highest BCUT2D eigenvalue weighted by Crippen LogP contribution is 2.70. The molecule has 0 bridgehead atoms. The molecule has 9 fully saturated rings. The highest BCUT2D eigenvalue weighted by atomic mass is 16.8. The van der Waals surface area contributed by atoms with Crippen LogP contribution in [0.25, 0.3) is 0 Å². The van der Waals surface area contributed by atoms with E-state index in [1.54, 1.807) is 0 Å². The first-order chi connectivity index (χ1) is 39.7. The average Bonchev–Trinajstić information content (AvgIpc) is 1.51. The average molecular weight is 1210 g/mol. The van der Waals surface area contributed by atoms with E-state index in [-0.39, 0.29) is 41.3 Å². The quantitative estimate of drug-likeness (QED) is 0.0615. The highest BCUT2D eigenvalue weighted by molar-refractivity contribution is 5.26. The molecule has 3 saturated carbocycles. The highest BCUT2D eigenvalue weighted by Gasteiger charge is 2.68. The van der Waals surface area contributed by atoms with Gasteiger partial charge in [-0.1, -0.05) is 39.3 Å². The zero-order chi connectivity index (χ0) is 60.8. The Morgan fingerprint density at radius 2 is 1.11 bits per heavy atom. The SMILES string of the molecule is CC(CO)CCC1(O)O[C@H]2C[C@H]3[C@@H]4CC=C5C[C@@H](O[C@@H]6O[C@H](CO)[C@@H](O[C@@H]7O[C@H](CO)[C@@H](O)[C@H](O[C@@H]8O[C@H](C)[C@@H](O)[C@H](O)[C@@H]8O)[C@H]7O)[C@H](O)[C@H]6O[C@@H]6O[C@H](C)[C@@H](OC7O[C@H](CO)[C@@H](O)[C@H](O)[C@H]7O)[C@H](O)[C@@H]6O)CC[C@]5(C)[C@H]4CC[C@]3(C)[C@H]2[C@@H]1C. The fraction of sp³-hybridized carbons (Fsp3) is 0.965. The fourth-order valence-corrected chi connectivity index (χ4v) is 16.5. The summed E-state index contributed by atoms with van der Waals surface area (Å²) in [6, 6.07) is 0. The third kappa shape index (κ3) is 11.8. The van der Waals surface area contributed by atoms with Crippen LogP contribution in [-0.4, -0.2) is 280 Å². The second kappa shape index (κ2) is 25.7. The molecular formula is C57H94O27. The second-order valence-corrected chi connectivity index (χ2v) is 26.6. The molecule has 6 aliphatic heterocycles. The third-order valence-electron chi connectivity index (χ3n) is 21.6. The number of hydrogen-bond acceptors (Lipinski definition) is 27. The minimum absolute atomic E-state index is 0.0401. The molecule has 3 unspecified atom stereocenters. The molecule has 6 heterocycles. The normalized spacial score (nSPS) is 55.3. The van der Waals surface area contributed by atoms with Crippen LogP contribution >= 0.6 is 0 Å². The van der Waals surface area contributed by atoms with Gasteiger partial charge in [-0.15, -0.1) is 0 Å². The summed E-state index contributed by atoms with van der Waals surface area (Å²) >= 11 is 0. The Balaban J connectivity index is 0.873. The number of aliphatic hydroxyl groups excluding tert-OH is 15. The molecule has 10 rings (SSSR count). The van der Waals surface area contributed by atoms with Gasteiger partial charge >= 0.3 is 0 Å². The Kier molecular flexibility index (Phi) is 20.1. The number of aliphatic hydroxyl groups is 16. The van der Waals surface area contributed by atoms with Crippen LogP contribution in [0.2, 0.25) is 0 Å². The lowest BCUT2D eigenvalue weighted by Gasteiger charge is -2.58. The van der Waals surface area contributed by atoms with Gasteiger partial charge in [0, 0.05) is 18.9 Å². The minimum Gasteiger partial charge on any atom is -0.396 e. The summed E-state index contributed by atoms with van der Waals surface area (Å²) in [5, 5.41) is 174. The van der Waals surface area contributed by atoms with Crippen molar-refractivity contribution in [1.82, 2.24) is 0 Å². The van der Waals surface area contributed by atoms with Crippen molar-refractivity contribution in [3.8, 4) is 0 Å². The zero-order valence-electron chi connectivity index (χ0n) is 48.5. The largest absolute Gasteiger partial charge is 0.396 e. The zero-order valence-corrected chi connectivity index (χ0v) is 48.5. The van der Waals surface area contributed by atoms with Gasteiger partial charge in [-0.2, -0.15) is 0 Å². The molecule has 36 atom stereocenters. The number of ether oxygens (including phenoxy) is 11. The number of fused-ring (bicyclic) bond motifs is 7. The molecule has 84 heavy (non-hydrogen) atoms. The lowest BCUT2D eigenvalue weighted by Crippen LogP contribution is -2.68. The maximum Gasteiger partial charge on any atom is 0.187 e. The van der Waals surface area contributed by atoms with Crippen molar-refractivity contribution in [2.45, 2.75) is 271 Å². The molecule has 0 radical (unpaired) electrons. The Hall–Kier alpha value is -1.34. The lowest BCUT2D eigenvalue weighted by atomic mass is 9.47. The predicted octanol–water partition coefficient (Wildman–Crippen LogP) is -4.16. The van der Waals surface area contributed by atoms with E-state index in [2.05, 4.69) is 26.8 Å². The Labute approximate surface area is 487 Å². The van der Waals surface area contributed by atoms with Crippen molar-refractivity contribution < 1.29 is 134 Å². The standard InChI is InChI=1S/C57H94O27/c1-21(17-58)9-14-57(73)22(2)34-30(84-57)16-29-27-8-7-25-15-26(10-12-55(25,5)28(27)11-13-56(29,34)6)76-54-49(83-51-43(70)40(67)46(24(4)75-51)80-52-42(69)39(66)36(63)31(18-59)77-52)44(71)47(33(20-61)79-54)81-53-45(72)48(37(64)32(19-60)78-53)82-50-41(68)38(65)35(62)23(3)74-50/h7,21-24,26-54,58-73H,8-20H2,1-6H3/t21?,22-,23+,24+,26-,27+,28-,29-,30-,31+,32+,33+,34-,35+,36+,37+,38-,39-,40+,41-,42+,43-,44-,45+,46+,47+,48-,49+,50-,51-,52?,53-,54+,55-,56-,57?/m0/s1. The first kappa shape index (κ1) is 65.6. The van der Waals surface area contributed by atoms with E-state index in [9.17, 15) is 81.7 Å². The van der Waals surface area contributed by atoms with E-state index >= 15 is 0 Å². The van der Waals surface area contributed by atoms with Crippen LogP contribution in [0, 0.1) is 46.3 Å². The van der Waals surface area contributed by atoms with Crippen LogP contribution in [0.15, 0.2) is 11.6 Å². The smallest absolute Gasteiger partial charge is 0.187 e. The van der Waals surface area contributed by atoms with Gasteiger partial charge in [0.25, 0.3) is 0 Å². The lowest BCUT2D eigenvalue weighted by molar-refractivity contribution is -0.400. The van der Waals surface area contributed by atoms with E-state index in [0.29, 0.717) is 43.4 Å². The van der Waals surface area contributed by atoms with Gasteiger partial charge < -0.3 is 134 Å². The van der Waals surface area contributed by atoms with E-state index in [1.807, 2.05) is 6.92 Å². The van der Waals surface area contributed by atoms with Gasteiger partial charge in [0.05, 0.1) is 44.2 Å². The Bertz CT molecular complexity index is 2220. The maximum absolute atomic E-state index is 12.6. The maximum atomic E-state index is 12.6. The van der Waals surface area contributed by atoms with E-state index < -0.39 is 185 Å². The molecule has 27 heteroatoms. The van der Waals surface area contributed by atoms with Crippen LogP contribution in [0.3, 0.4) is 0 Å². The summed E-state index contributed by atoms with van der Waals surface area (Å²) in [7, 11) is 0. The molecule has 10 aliphatic rings. The first-order valence-corrected chi connectivity index (χ1v) is 30.3. The number of rotatable bonds is 17. The van der Waals surface area contributed by atoms with Gasteiger partial charge in [0.15, 0.2) is 37.2 Å². The molecule has 0 amide bonds. The Morgan fingerprint density at radius 1 is 0.548 bits per heavy atom. The van der Waals surface area contributed by atoms with Gasteiger partial charge in [-0.3, -0.25) is 0 Å². The van der Waals surface area contributed by atoms with Crippen LogP contribution in [-0.2, 0) is 52.1 Å². The third-order valence-corrected chi connectivity index (χ3v) is 21.6. The fourth-order valence-electron chi connectivity index (χ4n) is 16.5. The van der Waals surface area contributed by atoms with E-state index in [4.69, 9.17) is 52.1 Å². The Morgan fingerprint density at radius 3 is 1.76 bits per heavy atom. The van der Waals surface area contributed by atoms with Gasteiger partial charge in [-0.05, 0) is 106 Å². The van der Waals surface area contributed by atoms with E-state index in [1.165, 1.54) is 19.4 Å². The summed E-state index contributed by atoms with van der Waals surface area (Å²) in [6.45, 7) is 9.17. The monoisotopic (exact) mass is 1210 g/mol. The van der Waals surface area contributed by atoms with Crippen molar-refractivity contribution >= 4 is 0 Å². The number of allylic oxidation sites excluding steroid dienone is 1. The minimum atomic E-state index is -2.02. The summed E-state index contributed by atoms with van der Waals surface area (Å²) in [5.74, 6) is 0.0314. The number of hydrogen-bond donors (Lipinski definition) is 16. The van der Waals surface area contributed by atoms with Gasteiger partial charge in [0.1, 0.15) is 110 Å². The van der Waals surface area contributed by atoms with Crippen molar-refractivity contribution in [2.75, 3.05) is 26.4 Å². The van der Waals surface area contributed by atoms with Crippen LogP contribution in [0.1, 0.15) is 99.3 Å². The summed E-state index contributed by atoms with van der Waals surface area (Å²) < 4.78 is 67.0. The van der Waals surface area contributed by atoms with Crippen molar-refractivity contribution in [3.63, 3.8) is 0 Å². The summed E-state index contributed by atoms with van der Waals surface area (Å²) in [5.41, 5.74) is 0.962. The van der Waals surface area contributed by atoms with Gasteiger partial charge in [0.2, 0.25) is 0 Å². The van der Waals surface area contributed by atoms with E-state index in [0.717, 1.165) is 32.1 Å². The molecule has 0 spiro atoms. The van der Waals surface area contributed by atoms with Crippen LogP contribution in [0.5, 0.6) is 0 Å². The molecule has 0 aromatic heterocycles.